The van der Waals surface area contributed by atoms with Gasteiger partial charge in [-0.05, 0) is 72.5 Å². The van der Waals surface area contributed by atoms with E-state index in [0.29, 0.717) is 30.9 Å². The van der Waals surface area contributed by atoms with Crippen LogP contribution in [0.1, 0.15) is 59.3 Å². The van der Waals surface area contributed by atoms with Crippen LogP contribution in [0.2, 0.25) is 0 Å². The van der Waals surface area contributed by atoms with E-state index in [2.05, 4.69) is 5.32 Å². The number of para-hydroxylation sites is 1. The first kappa shape index (κ1) is 34.4. The number of carboxylic acids is 1. The predicted molar refractivity (Wildman–Crippen MR) is 192 cm³/mol. The molecule has 2 N–H and O–H groups in total. The Bertz CT molecular complexity index is 1870. The molecule has 9 nitrogen and oxygen atoms in total. The number of thiazole rings is 1. The van der Waals surface area contributed by atoms with Gasteiger partial charge in [0.2, 0.25) is 5.91 Å². The van der Waals surface area contributed by atoms with Crippen molar-refractivity contribution < 1.29 is 29.0 Å². The number of hydrogen-bond donors (Lipinski definition) is 2. The van der Waals surface area contributed by atoms with Gasteiger partial charge in [0.25, 0.3) is 5.91 Å². The molecule has 0 spiro atoms. The summed E-state index contributed by atoms with van der Waals surface area (Å²) in [7, 11) is 0. The van der Waals surface area contributed by atoms with Crippen molar-refractivity contribution in [2.24, 2.45) is 5.92 Å². The Morgan fingerprint density at radius 3 is 2.14 bits per heavy atom. The van der Waals surface area contributed by atoms with Crippen LogP contribution in [0.25, 0.3) is 10.6 Å². The first-order valence-corrected chi connectivity index (χ1v) is 17.6. The molecule has 2 amide bonds. The number of aliphatic carboxylic acids is 1. The van der Waals surface area contributed by atoms with Crippen LogP contribution < -0.4 is 14.8 Å². The number of carboxylic acid groups (broad SMARTS) is 1. The average molecular weight is 690 g/mol. The SMILES string of the molecule is O=C(O)COc1ccc(CN(Cc2csc(-c3ccc(C(=O)NCc4ccc(Oc5ccccc5)cc4)cc3)n2)C(=O)C2CCCCC2)cc1. The molecule has 1 aliphatic carbocycles. The molecular formula is C40H39N3O6S. The molecular weight excluding hydrogens is 651 g/mol. The highest BCUT2D eigenvalue weighted by Gasteiger charge is 2.27. The van der Waals surface area contributed by atoms with E-state index in [1.54, 1.807) is 24.3 Å². The molecule has 1 fully saturated rings. The third-order valence-corrected chi connectivity index (χ3v) is 9.52. The molecule has 10 heteroatoms. The second-order valence-electron chi connectivity index (χ2n) is 12.3. The lowest BCUT2D eigenvalue weighted by Gasteiger charge is -2.29. The van der Waals surface area contributed by atoms with Gasteiger partial charge in [-0.15, -0.1) is 11.3 Å². The van der Waals surface area contributed by atoms with E-state index >= 15 is 0 Å². The fourth-order valence-corrected chi connectivity index (χ4v) is 6.75. The number of carbonyl (C=O) groups excluding carboxylic acids is 2. The van der Waals surface area contributed by atoms with Gasteiger partial charge < -0.3 is 24.8 Å². The summed E-state index contributed by atoms with van der Waals surface area (Å²) >= 11 is 1.51. The summed E-state index contributed by atoms with van der Waals surface area (Å²) in [5.74, 6) is 0.903. The summed E-state index contributed by atoms with van der Waals surface area (Å²) in [6.45, 7) is 0.774. The van der Waals surface area contributed by atoms with Crippen molar-refractivity contribution in [2.45, 2.75) is 51.7 Å². The molecule has 4 aromatic carbocycles. The lowest BCUT2D eigenvalue weighted by molar-refractivity contribution is -0.139. The van der Waals surface area contributed by atoms with Crippen LogP contribution in [0.4, 0.5) is 0 Å². The lowest BCUT2D eigenvalue weighted by atomic mass is 9.88. The number of nitrogens with zero attached hydrogens (tertiary/aromatic N) is 2. The minimum atomic E-state index is -1.04. The summed E-state index contributed by atoms with van der Waals surface area (Å²) in [5, 5.41) is 14.7. The maximum atomic E-state index is 13.7. The molecule has 0 atom stereocenters. The third kappa shape index (κ3) is 9.57. The van der Waals surface area contributed by atoms with Crippen molar-refractivity contribution in [3.63, 3.8) is 0 Å². The number of rotatable bonds is 14. The molecule has 0 radical (unpaired) electrons. The van der Waals surface area contributed by atoms with Gasteiger partial charge in [-0.1, -0.05) is 73.9 Å². The zero-order valence-electron chi connectivity index (χ0n) is 27.6. The fourth-order valence-electron chi connectivity index (χ4n) is 5.93. The van der Waals surface area contributed by atoms with Gasteiger partial charge in [-0.2, -0.15) is 0 Å². The number of ether oxygens (including phenoxy) is 2. The largest absolute Gasteiger partial charge is 0.482 e. The van der Waals surface area contributed by atoms with Gasteiger partial charge in [-0.3, -0.25) is 9.59 Å². The molecule has 256 valence electrons. The number of hydrogen-bond acceptors (Lipinski definition) is 7. The Hall–Kier alpha value is -5.48. The molecule has 0 saturated heterocycles. The summed E-state index contributed by atoms with van der Waals surface area (Å²) in [6, 6.07) is 31.8. The smallest absolute Gasteiger partial charge is 0.341 e. The molecule has 50 heavy (non-hydrogen) atoms. The van der Waals surface area contributed by atoms with E-state index in [1.165, 1.54) is 11.3 Å². The van der Waals surface area contributed by atoms with E-state index in [1.807, 2.05) is 89.1 Å². The van der Waals surface area contributed by atoms with Gasteiger partial charge >= 0.3 is 5.97 Å². The van der Waals surface area contributed by atoms with Gasteiger partial charge in [0.15, 0.2) is 6.61 Å². The molecule has 0 aliphatic heterocycles. The van der Waals surface area contributed by atoms with Crippen LogP contribution in [-0.2, 0) is 29.2 Å². The quantitative estimate of drug-likeness (QED) is 0.121. The van der Waals surface area contributed by atoms with Crippen molar-refractivity contribution >= 4 is 29.1 Å². The molecule has 0 unspecified atom stereocenters. The Morgan fingerprint density at radius 2 is 1.44 bits per heavy atom. The highest BCUT2D eigenvalue weighted by Crippen LogP contribution is 2.29. The highest BCUT2D eigenvalue weighted by atomic mass is 32.1. The van der Waals surface area contributed by atoms with E-state index in [4.69, 9.17) is 19.6 Å². The van der Waals surface area contributed by atoms with Crippen LogP contribution >= 0.6 is 11.3 Å². The van der Waals surface area contributed by atoms with E-state index in [9.17, 15) is 14.4 Å². The summed E-state index contributed by atoms with van der Waals surface area (Å²) in [4.78, 5) is 44.2. The van der Waals surface area contributed by atoms with Crippen LogP contribution in [-0.4, -0.2) is 39.4 Å². The van der Waals surface area contributed by atoms with Crippen molar-refractivity contribution in [2.75, 3.05) is 6.61 Å². The average Bonchev–Trinajstić information content (AvgIpc) is 3.63. The van der Waals surface area contributed by atoms with Crippen LogP contribution in [0.5, 0.6) is 17.2 Å². The van der Waals surface area contributed by atoms with E-state index in [-0.39, 0.29) is 17.7 Å². The van der Waals surface area contributed by atoms with Gasteiger partial charge in [-0.25, -0.2) is 9.78 Å². The van der Waals surface area contributed by atoms with Crippen molar-refractivity contribution in [1.82, 2.24) is 15.2 Å². The van der Waals surface area contributed by atoms with Crippen molar-refractivity contribution in [3.8, 4) is 27.8 Å². The number of aromatic nitrogens is 1. The Balaban J connectivity index is 1.06. The first-order valence-electron chi connectivity index (χ1n) is 16.8. The second kappa shape index (κ2) is 16.8. The van der Waals surface area contributed by atoms with E-state index < -0.39 is 12.6 Å². The van der Waals surface area contributed by atoms with Crippen LogP contribution in [0.3, 0.4) is 0 Å². The fraction of sp³-hybridized carbons (Fsp3) is 0.250. The molecule has 5 aromatic rings. The first-order chi connectivity index (χ1) is 24.4. The number of carbonyl (C=O) groups is 3. The number of amides is 2. The lowest BCUT2D eigenvalue weighted by Crippen LogP contribution is -2.36. The summed E-state index contributed by atoms with van der Waals surface area (Å²) in [5.41, 5.74) is 4.14. The maximum absolute atomic E-state index is 13.7. The highest BCUT2D eigenvalue weighted by molar-refractivity contribution is 7.13. The number of nitrogens with one attached hydrogen (secondary N) is 1. The predicted octanol–water partition coefficient (Wildman–Crippen LogP) is 8.10. The minimum absolute atomic E-state index is 0.00624. The molecule has 1 saturated carbocycles. The Labute approximate surface area is 295 Å². The van der Waals surface area contributed by atoms with Crippen molar-refractivity contribution in [1.29, 1.82) is 0 Å². The molecule has 6 rings (SSSR count). The monoisotopic (exact) mass is 689 g/mol. The Morgan fingerprint density at radius 1 is 0.780 bits per heavy atom. The van der Waals surface area contributed by atoms with Crippen LogP contribution in [0.15, 0.2) is 109 Å². The molecule has 1 heterocycles. The standard InChI is InChI=1S/C40H39N3O6S/c44-37(45)26-48-34-19-13-29(14-20-34)24-43(40(47)32-7-3-1-4-8-32)25-33-27-50-39(42-33)31-17-15-30(16-18-31)38(46)41-23-28-11-21-36(22-12-28)49-35-9-5-2-6-10-35/h2,5-6,9-22,27,32H,1,3-4,7-8,23-26H2,(H,41,46)(H,44,45). The molecule has 1 aromatic heterocycles. The topological polar surface area (TPSA) is 118 Å². The van der Waals surface area contributed by atoms with E-state index in [0.717, 1.165) is 71.0 Å². The molecule has 1 aliphatic rings. The van der Waals surface area contributed by atoms with Crippen molar-refractivity contribution in [3.05, 3.63) is 131 Å². The summed E-state index contributed by atoms with van der Waals surface area (Å²) in [6.07, 6.45) is 5.08. The van der Waals surface area contributed by atoms with Gasteiger partial charge in [0, 0.05) is 35.5 Å². The van der Waals surface area contributed by atoms with Gasteiger partial charge in [0.1, 0.15) is 22.3 Å². The zero-order valence-corrected chi connectivity index (χ0v) is 28.4. The second-order valence-corrected chi connectivity index (χ2v) is 13.2. The number of benzene rings is 4. The third-order valence-electron chi connectivity index (χ3n) is 8.58. The van der Waals surface area contributed by atoms with Crippen LogP contribution in [0, 0.1) is 5.92 Å². The zero-order chi connectivity index (χ0) is 34.7. The minimum Gasteiger partial charge on any atom is -0.482 e. The Kier molecular flexibility index (Phi) is 11.5. The molecule has 0 bridgehead atoms. The normalized spacial score (nSPS) is 13.0. The maximum Gasteiger partial charge on any atom is 0.341 e. The summed E-state index contributed by atoms with van der Waals surface area (Å²) < 4.78 is 11.1. The van der Waals surface area contributed by atoms with Gasteiger partial charge in [0.05, 0.1) is 12.2 Å².